The third-order valence-electron chi connectivity index (χ3n) is 4.56. The predicted octanol–water partition coefficient (Wildman–Crippen LogP) is 3.05. The highest BCUT2D eigenvalue weighted by Crippen LogP contribution is 2.31. The number of hydrogen-bond acceptors (Lipinski definition) is 3. The molecule has 3 N–H and O–H groups in total. The molecule has 3 rings (SSSR count). The van der Waals surface area contributed by atoms with E-state index in [0.717, 1.165) is 25.0 Å². The smallest absolute Gasteiger partial charge is 0.255 e. The van der Waals surface area contributed by atoms with Crippen molar-refractivity contribution in [3.63, 3.8) is 0 Å². The number of amides is 1. The first-order chi connectivity index (χ1) is 12.2. The minimum atomic E-state index is -0.757. The Morgan fingerprint density at radius 1 is 1.38 bits per heavy atom. The number of nitrogens with two attached hydrogens (primary N) is 1. The van der Waals surface area contributed by atoms with Crippen molar-refractivity contribution in [2.75, 3.05) is 6.54 Å². The molecule has 0 saturated heterocycles. The van der Waals surface area contributed by atoms with Gasteiger partial charge in [0.25, 0.3) is 5.91 Å². The molecule has 5 nitrogen and oxygen atoms in total. The summed E-state index contributed by atoms with van der Waals surface area (Å²) in [4.78, 5) is 12.7. The third kappa shape index (κ3) is 3.93. The van der Waals surface area contributed by atoms with Gasteiger partial charge in [-0.3, -0.25) is 9.48 Å². The van der Waals surface area contributed by atoms with Crippen LogP contribution >= 0.6 is 0 Å². The molecule has 1 amide bonds. The lowest BCUT2D eigenvalue weighted by Crippen LogP contribution is -2.38. The maximum Gasteiger partial charge on any atom is 0.255 e. The van der Waals surface area contributed by atoms with E-state index in [1.165, 1.54) is 6.07 Å². The Morgan fingerprint density at radius 2 is 2.08 bits per heavy atom. The molecule has 1 atom stereocenters. The van der Waals surface area contributed by atoms with E-state index < -0.39 is 17.2 Å². The zero-order valence-electron chi connectivity index (χ0n) is 15.2. The van der Waals surface area contributed by atoms with Crippen LogP contribution in [-0.4, -0.2) is 28.3 Å². The molecule has 0 aliphatic heterocycles. The third-order valence-corrected chi connectivity index (χ3v) is 4.56. The van der Waals surface area contributed by atoms with Crippen molar-refractivity contribution in [3.8, 4) is 11.3 Å². The van der Waals surface area contributed by atoms with Crippen molar-refractivity contribution in [3.05, 3.63) is 41.6 Å². The van der Waals surface area contributed by atoms with Gasteiger partial charge in [0.2, 0.25) is 0 Å². The van der Waals surface area contributed by atoms with Gasteiger partial charge in [-0.2, -0.15) is 5.10 Å². The van der Waals surface area contributed by atoms with Crippen LogP contribution in [-0.2, 0) is 5.54 Å². The van der Waals surface area contributed by atoms with E-state index in [2.05, 4.69) is 10.4 Å². The monoisotopic (exact) mass is 362 g/mol. The molecule has 26 heavy (non-hydrogen) atoms. The first kappa shape index (κ1) is 18.5. The Labute approximate surface area is 151 Å². The summed E-state index contributed by atoms with van der Waals surface area (Å²) in [5, 5.41) is 7.21. The van der Waals surface area contributed by atoms with Crippen LogP contribution < -0.4 is 11.1 Å². The van der Waals surface area contributed by atoms with Crippen molar-refractivity contribution in [1.82, 2.24) is 15.1 Å². The topological polar surface area (TPSA) is 72.9 Å². The number of carbonyl (C=O) groups excluding carboxylic acids is 1. The molecule has 1 unspecified atom stereocenters. The van der Waals surface area contributed by atoms with Crippen molar-refractivity contribution in [1.29, 1.82) is 0 Å². The molecule has 1 aliphatic carbocycles. The summed E-state index contributed by atoms with van der Waals surface area (Å²) in [6.07, 6.45) is 3.77. The van der Waals surface area contributed by atoms with Crippen LogP contribution in [0.15, 0.2) is 24.4 Å². The van der Waals surface area contributed by atoms with Gasteiger partial charge in [-0.15, -0.1) is 0 Å². The average molecular weight is 362 g/mol. The average Bonchev–Trinajstić information content (AvgIpc) is 3.30. The van der Waals surface area contributed by atoms with Gasteiger partial charge in [0.05, 0.1) is 11.1 Å². The summed E-state index contributed by atoms with van der Waals surface area (Å²) >= 11 is 0. The molecule has 2 aromatic rings. The molecule has 7 heteroatoms. The van der Waals surface area contributed by atoms with Gasteiger partial charge in [0, 0.05) is 30.4 Å². The second kappa shape index (κ2) is 6.79. The van der Waals surface area contributed by atoms with E-state index in [0.29, 0.717) is 12.5 Å². The van der Waals surface area contributed by atoms with Crippen LogP contribution in [0, 0.1) is 17.6 Å². The first-order valence-electron chi connectivity index (χ1n) is 8.76. The fraction of sp³-hybridized carbons (Fsp3) is 0.474. The van der Waals surface area contributed by atoms with Crippen molar-refractivity contribution < 1.29 is 13.6 Å². The number of halogens is 2. The normalized spacial score (nSPS) is 15.8. The van der Waals surface area contributed by atoms with E-state index in [4.69, 9.17) is 5.73 Å². The largest absolute Gasteiger partial charge is 0.350 e. The van der Waals surface area contributed by atoms with Crippen molar-refractivity contribution in [2.24, 2.45) is 11.7 Å². The number of hydrogen-bond donors (Lipinski definition) is 2. The van der Waals surface area contributed by atoms with Gasteiger partial charge in [0.15, 0.2) is 0 Å². The molecule has 1 fully saturated rings. The lowest BCUT2D eigenvalue weighted by atomic mass is 10.1. The van der Waals surface area contributed by atoms with Crippen LogP contribution in [0.5, 0.6) is 0 Å². The minimum Gasteiger partial charge on any atom is -0.350 e. The lowest BCUT2D eigenvalue weighted by molar-refractivity contribution is 0.0950. The fourth-order valence-corrected chi connectivity index (χ4v) is 2.76. The summed E-state index contributed by atoms with van der Waals surface area (Å²) in [7, 11) is 0. The van der Waals surface area contributed by atoms with Gasteiger partial charge >= 0.3 is 0 Å². The maximum atomic E-state index is 14.3. The minimum absolute atomic E-state index is 0.0809. The van der Waals surface area contributed by atoms with E-state index in [9.17, 15) is 13.6 Å². The van der Waals surface area contributed by atoms with E-state index in [-0.39, 0.29) is 28.8 Å². The molecule has 1 aromatic heterocycles. The van der Waals surface area contributed by atoms with Gasteiger partial charge < -0.3 is 11.1 Å². The van der Waals surface area contributed by atoms with Crippen molar-refractivity contribution in [2.45, 2.75) is 45.2 Å². The molecule has 0 bridgehead atoms. The number of rotatable bonds is 5. The summed E-state index contributed by atoms with van der Waals surface area (Å²) in [5.41, 5.74) is 6.16. The molecule has 1 aromatic carbocycles. The predicted molar refractivity (Wildman–Crippen MR) is 95.6 cm³/mol. The summed E-state index contributed by atoms with van der Waals surface area (Å²) in [6, 6.07) is 3.16. The van der Waals surface area contributed by atoms with Crippen LogP contribution in [0.2, 0.25) is 0 Å². The van der Waals surface area contributed by atoms with Crippen LogP contribution in [0.4, 0.5) is 8.78 Å². The maximum absolute atomic E-state index is 14.3. The number of nitrogens with zero attached hydrogens (tertiary/aromatic N) is 2. The Balaban J connectivity index is 1.94. The summed E-state index contributed by atoms with van der Waals surface area (Å²) in [5.74, 6) is -1.34. The molecular weight excluding hydrogens is 338 g/mol. The van der Waals surface area contributed by atoms with Crippen LogP contribution in [0.1, 0.15) is 44.0 Å². The lowest BCUT2D eigenvalue weighted by Gasteiger charge is -2.18. The second-order valence-electron chi connectivity index (χ2n) is 7.84. The number of aromatic nitrogens is 2. The number of benzene rings is 1. The molecule has 0 radical (unpaired) electrons. The molecule has 1 aliphatic rings. The summed E-state index contributed by atoms with van der Waals surface area (Å²) in [6.45, 7) is 6.13. The Morgan fingerprint density at radius 3 is 2.65 bits per heavy atom. The Kier molecular flexibility index (Phi) is 4.84. The fourth-order valence-electron chi connectivity index (χ4n) is 2.76. The quantitative estimate of drug-likeness (QED) is 0.859. The van der Waals surface area contributed by atoms with Gasteiger partial charge in [0.1, 0.15) is 17.3 Å². The van der Waals surface area contributed by atoms with E-state index in [1.807, 2.05) is 20.8 Å². The standard InChI is InChI=1S/C19H24F2N4O/c1-19(2,3)25-10-14(18(26)23-9-16(22)11-4-5-11)17(24-25)13-7-6-12(20)8-15(13)21/h6-8,10-11,16H,4-5,9,22H2,1-3H3,(H,23,26). The highest BCUT2D eigenvalue weighted by atomic mass is 19.1. The Bertz CT molecular complexity index is 821. The van der Waals surface area contributed by atoms with Crippen LogP contribution in [0.25, 0.3) is 11.3 Å². The zero-order chi connectivity index (χ0) is 19.1. The van der Waals surface area contributed by atoms with Gasteiger partial charge in [-0.1, -0.05) is 0 Å². The molecule has 140 valence electrons. The molecule has 1 heterocycles. The number of nitrogens with one attached hydrogen (secondary N) is 1. The number of carbonyl (C=O) groups is 1. The van der Waals surface area contributed by atoms with Gasteiger partial charge in [-0.25, -0.2) is 8.78 Å². The highest BCUT2D eigenvalue weighted by Gasteiger charge is 2.29. The van der Waals surface area contributed by atoms with E-state index in [1.54, 1.807) is 10.9 Å². The molecule has 1 saturated carbocycles. The second-order valence-corrected chi connectivity index (χ2v) is 7.84. The molecular formula is C19H24F2N4O. The van der Waals surface area contributed by atoms with E-state index >= 15 is 0 Å². The van der Waals surface area contributed by atoms with Crippen LogP contribution in [0.3, 0.4) is 0 Å². The Hall–Kier alpha value is -2.28. The zero-order valence-corrected chi connectivity index (χ0v) is 15.2. The van der Waals surface area contributed by atoms with Crippen molar-refractivity contribution >= 4 is 5.91 Å². The SMILES string of the molecule is CC(C)(C)n1cc(C(=O)NCC(N)C2CC2)c(-c2ccc(F)cc2F)n1. The highest BCUT2D eigenvalue weighted by molar-refractivity contribution is 5.99. The summed E-state index contributed by atoms with van der Waals surface area (Å²) < 4.78 is 29.1. The molecule has 0 spiro atoms. The first-order valence-corrected chi connectivity index (χ1v) is 8.76. The van der Waals surface area contributed by atoms with Gasteiger partial charge in [-0.05, 0) is 51.7 Å².